The predicted octanol–water partition coefficient (Wildman–Crippen LogP) is 4.63. The Hall–Kier alpha value is -2.13. The predicted molar refractivity (Wildman–Crippen MR) is 99.3 cm³/mol. The van der Waals surface area contributed by atoms with Gasteiger partial charge in [-0.05, 0) is 31.1 Å². The summed E-state index contributed by atoms with van der Waals surface area (Å²) in [5.41, 5.74) is 3.57. The van der Waals surface area contributed by atoms with Crippen LogP contribution in [0.3, 0.4) is 0 Å². The summed E-state index contributed by atoms with van der Waals surface area (Å²) in [6.45, 7) is 8.64. The molecular weight excluding hydrogens is 296 g/mol. The molecule has 2 aromatic carbocycles. The van der Waals surface area contributed by atoms with E-state index < -0.39 is 0 Å². The molecule has 3 heteroatoms. The first kappa shape index (κ1) is 16.7. The van der Waals surface area contributed by atoms with Crippen LogP contribution < -0.4 is 0 Å². The second-order valence-electron chi connectivity index (χ2n) is 6.24. The first-order chi connectivity index (χ1) is 11.8. The molecule has 0 radical (unpaired) electrons. The van der Waals surface area contributed by atoms with Gasteiger partial charge in [-0.2, -0.15) is 0 Å². The number of hydrogen-bond donors (Lipinski definition) is 0. The monoisotopic (exact) mass is 322 g/mol. The molecule has 1 aliphatic heterocycles. The van der Waals surface area contributed by atoms with Gasteiger partial charge in [-0.25, -0.2) is 0 Å². The normalized spacial score (nSPS) is 21.4. The number of benzene rings is 2. The lowest BCUT2D eigenvalue weighted by molar-refractivity contribution is 0.0763. The summed E-state index contributed by atoms with van der Waals surface area (Å²) in [5.74, 6) is 0.157. The third-order valence-electron chi connectivity index (χ3n) is 4.97. The lowest BCUT2D eigenvalue weighted by Crippen LogP contribution is -2.40. The highest BCUT2D eigenvalue weighted by Crippen LogP contribution is 2.41. The highest BCUT2D eigenvalue weighted by Gasteiger charge is 2.39. The maximum atomic E-state index is 5.94. The van der Waals surface area contributed by atoms with E-state index in [9.17, 15) is 0 Å². The standard InChI is InChI=1S/C21H26N2O/c1-4-23(5-2)16(3)20-19(17-12-8-6-9-13-17)21(24-22-20)18-14-10-7-11-15-18/h6-16,19,21H,4-5H2,1-3H3. The fourth-order valence-electron chi connectivity index (χ4n) is 3.59. The summed E-state index contributed by atoms with van der Waals surface area (Å²) in [6, 6.07) is 21.3. The molecule has 0 fully saturated rings. The van der Waals surface area contributed by atoms with Crippen molar-refractivity contribution >= 4 is 5.71 Å². The van der Waals surface area contributed by atoms with Gasteiger partial charge in [0.05, 0.1) is 11.6 Å². The van der Waals surface area contributed by atoms with Gasteiger partial charge in [-0.1, -0.05) is 79.7 Å². The minimum Gasteiger partial charge on any atom is -0.387 e. The number of nitrogens with zero attached hydrogens (tertiary/aromatic N) is 2. The molecule has 0 bridgehead atoms. The van der Waals surface area contributed by atoms with Crippen LogP contribution in [0, 0.1) is 0 Å². The minimum atomic E-state index is -0.0541. The van der Waals surface area contributed by atoms with Crippen LogP contribution in [-0.2, 0) is 4.84 Å². The largest absolute Gasteiger partial charge is 0.387 e. The highest BCUT2D eigenvalue weighted by atomic mass is 16.6. The van der Waals surface area contributed by atoms with Crippen LogP contribution in [0.25, 0.3) is 0 Å². The summed E-state index contributed by atoms with van der Waals surface area (Å²) in [6.07, 6.45) is -0.0541. The molecule has 1 aliphatic rings. The fraction of sp³-hybridized carbons (Fsp3) is 0.381. The molecular formula is C21H26N2O. The van der Waals surface area contributed by atoms with Crippen molar-refractivity contribution in [1.82, 2.24) is 4.90 Å². The van der Waals surface area contributed by atoms with Crippen molar-refractivity contribution in [2.24, 2.45) is 5.16 Å². The van der Waals surface area contributed by atoms with Crippen LogP contribution >= 0.6 is 0 Å². The zero-order valence-corrected chi connectivity index (χ0v) is 14.7. The van der Waals surface area contributed by atoms with Gasteiger partial charge in [0.2, 0.25) is 0 Å². The summed E-state index contributed by atoms with van der Waals surface area (Å²) in [7, 11) is 0. The molecule has 126 valence electrons. The Morgan fingerprint density at radius 1 is 0.917 bits per heavy atom. The Morgan fingerprint density at radius 3 is 2.00 bits per heavy atom. The van der Waals surface area contributed by atoms with Crippen molar-refractivity contribution in [3.63, 3.8) is 0 Å². The molecule has 2 aromatic rings. The molecule has 0 N–H and O–H groups in total. The fourth-order valence-corrected chi connectivity index (χ4v) is 3.59. The SMILES string of the molecule is CCN(CC)C(C)C1=NOC(c2ccccc2)C1c1ccccc1. The van der Waals surface area contributed by atoms with Crippen LogP contribution in [0.4, 0.5) is 0 Å². The van der Waals surface area contributed by atoms with E-state index >= 15 is 0 Å². The van der Waals surface area contributed by atoms with Crippen LogP contribution in [0.1, 0.15) is 43.9 Å². The molecule has 0 amide bonds. The van der Waals surface area contributed by atoms with Gasteiger partial charge in [-0.3, -0.25) is 4.90 Å². The molecule has 3 atom stereocenters. The van der Waals surface area contributed by atoms with E-state index in [4.69, 9.17) is 4.84 Å². The Labute approximate surface area is 144 Å². The number of hydrogen-bond acceptors (Lipinski definition) is 3. The lowest BCUT2D eigenvalue weighted by Gasteiger charge is -2.29. The molecule has 3 nitrogen and oxygen atoms in total. The zero-order chi connectivity index (χ0) is 16.9. The van der Waals surface area contributed by atoms with Gasteiger partial charge in [0.1, 0.15) is 0 Å². The van der Waals surface area contributed by atoms with Gasteiger partial charge in [-0.15, -0.1) is 0 Å². The average molecular weight is 322 g/mol. The van der Waals surface area contributed by atoms with E-state index in [0.717, 1.165) is 18.8 Å². The quantitative estimate of drug-likeness (QED) is 0.774. The van der Waals surface area contributed by atoms with E-state index in [-0.39, 0.29) is 18.1 Å². The topological polar surface area (TPSA) is 24.8 Å². The first-order valence-electron chi connectivity index (χ1n) is 8.83. The number of oxime groups is 1. The molecule has 0 saturated carbocycles. The molecule has 0 aromatic heterocycles. The van der Waals surface area contributed by atoms with Crippen molar-refractivity contribution in [3.05, 3.63) is 71.8 Å². The van der Waals surface area contributed by atoms with E-state index in [1.165, 1.54) is 11.1 Å². The molecule has 0 saturated heterocycles. The molecule has 1 heterocycles. The third kappa shape index (κ3) is 3.22. The summed E-state index contributed by atoms with van der Waals surface area (Å²) in [5, 5.41) is 4.54. The Kier molecular flexibility index (Phi) is 5.31. The second-order valence-corrected chi connectivity index (χ2v) is 6.24. The third-order valence-corrected chi connectivity index (χ3v) is 4.97. The maximum absolute atomic E-state index is 5.94. The van der Waals surface area contributed by atoms with Gasteiger partial charge in [0.25, 0.3) is 0 Å². The zero-order valence-electron chi connectivity index (χ0n) is 14.7. The molecule has 24 heavy (non-hydrogen) atoms. The second kappa shape index (κ2) is 7.63. The van der Waals surface area contributed by atoms with Crippen molar-refractivity contribution < 1.29 is 4.84 Å². The van der Waals surface area contributed by atoms with Gasteiger partial charge in [0, 0.05) is 6.04 Å². The maximum Gasteiger partial charge on any atom is 0.164 e. The van der Waals surface area contributed by atoms with Crippen LogP contribution in [0.5, 0.6) is 0 Å². The summed E-state index contributed by atoms with van der Waals surface area (Å²) in [4.78, 5) is 8.36. The molecule has 3 rings (SSSR count). The van der Waals surface area contributed by atoms with Crippen molar-refractivity contribution in [3.8, 4) is 0 Å². The molecule has 3 unspecified atom stereocenters. The lowest BCUT2D eigenvalue weighted by atomic mass is 9.83. The van der Waals surface area contributed by atoms with E-state index in [1.807, 2.05) is 6.07 Å². The van der Waals surface area contributed by atoms with Gasteiger partial charge >= 0.3 is 0 Å². The van der Waals surface area contributed by atoms with Gasteiger partial charge in [0.15, 0.2) is 6.10 Å². The smallest absolute Gasteiger partial charge is 0.164 e. The van der Waals surface area contributed by atoms with Gasteiger partial charge < -0.3 is 4.84 Å². The Balaban J connectivity index is 1.97. The van der Waals surface area contributed by atoms with Crippen molar-refractivity contribution in [1.29, 1.82) is 0 Å². The first-order valence-corrected chi connectivity index (χ1v) is 8.83. The van der Waals surface area contributed by atoms with E-state index in [1.54, 1.807) is 0 Å². The van der Waals surface area contributed by atoms with E-state index in [2.05, 4.69) is 85.4 Å². The average Bonchev–Trinajstić information content (AvgIpc) is 3.09. The van der Waals surface area contributed by atoms with Crippen molar-refractivity contribution in [2.75, 3.05) is 13.1 Å². The van der Waals surface area contributed by atoms with Crippen LogP contribution in [-0.4, -0.2) is 29.7 Å². The van der Waals surface area contributed by atoms with Crippen LogP contribution in [0.2, 0.25) is 0 Å². The summed E-state index contributed by atoms with van der Waals surface area (Å²) < 4.78 is 0. The van der Waals surface area contributed by atoms with E-state index in [0.29, 0.717) is 0 Å². The number of rotatable bonds is 6. The summed E-state index contributed by atoms with van der Waals surface area (Å²) >= 11 is 0. The molecule has 0 aliphatic carbocycles. The Morgan fingerprint density at radius 2 is 1.46 bits per heavy atom. The Bertz CT molecular complexity index is 665. The minimum absolute atomic E-state index is 0.0541. The highest BCUT2D eigenvalue weighted by molar-refractivity contribution is 5.96. The molecule has 0 spiro atoms. The van der Waals surface area contributed by atoms with Crippen molar-refractivity contribution in [2.45, 2.75) is 38.8 Å². The van der Waals surface area contributed by atoms with Crippen LogP contribution in [0.15, 0.2) is 65.8 Å².